The van der Waals surface area contributed by atoms with Gasteiger partial charge in [-0.05, 0) is 6.92 Å². The number of hydrogen-bond donors (Lipinski definition) is 2. The maximum absolute atomic E-state index is 11.5. The molecule has 1 atom stereocenters. The fourth-order valence-corrected chi connectivity index (χ4v) is 2.45. The van der Waals surface area contributed by atoms with Crippen molar-refractivity contribution in [2.45, 2.75) is 13.0 Å². The van der Waals surface area contributed by atoms with Gasteiger partial charge in [-0.25, -0.2) is 13.2 Å². The lowest BCUT2D eigenvalue weighted by Crippen LogP contribution is -2.33. The second-order valence-electron chi connectivity index (χ2n) is 3.51. The van der Waals surface area contributed by atoms with Crippen LogP contribution in [0.2, 0.25) is 0 Å². The van der Waals surface area contributed by atoms with Crippen molar-refractivity contribution in [2.24, 2.45) is 0 Å². The second-order valence-corrected chi connectivity index (χ2v) is 5.73. The normalized spacial score (nSPS) is 12.6. The van der Waals surface area contributed by atoms with Crippen LogP contribution >= 0.6 is 0 Å². The average molecular weight is 283 g/mol. The molecule has 0 fully saturated rings. The van der Waals surface area contributed by atoms with E-state index in [1.165, 1.54) is 6.92 Å². The third kappa shape index (κ3) is 7.85. The second kappa shape index (κ2) is 7.88. The number of hydrogen-bond acceptors (Lipinski definition) is 7. The first-order valence-corrected chi connectivity index (χ1v) is 6.95. The Kier molecular flexibility index (Phi) is 7.29. The monoisotopic (exact) mass is 283 g/mol. The molecule has 0 spiro atoms. The number of ether oxygens (including phenoxy) is 2. The fraction of sp³-hybridized carbons (Fsp3) is 0.778. The minimum absolute atomic E-state index is 0.104. The molecule has 0 saturated heterocycles. The van der Waals surface area contributed by atoms with E-state index < -0.39 is 34.6 Å². The Morgan fingerprint density at radius 1 is 1.39 bits per heavy atom. The molecular weight excluding hydrogens is 266 g/mol. The summed E-state index contributed by atoms with van der Waals surface area (Å²) in [5.74, 6) is -1.31. The molecule has 0 saturated carbocycles. The van der Waals surface area contributed by atoms with Gasteiger partial charge in [0.2, 0.25) is 5.91 Å². The van der Waals surface area contributed by atoms with Crippen molar-refractivity contribution in [3.63, 3.8) is 0 Å². The van der Waals surface area contributed by atoms with Gasteiger partial charge in [0, 0.05) is 6.54 Å². The Morgan fingerprint density at radius 2 is 2.00 bits per heavy atom. The molecule has 0 radical (unpaired) electrons. The fourth-order valence-electron chi connectivity index (χ4n) is 1.09. The first-order chi connectivity index (χ1) is 8.30. The molecular formula is C9H17NO7S. The average Bonchev–Trinajstić information content (AvgIpc) is 2.27. The van der Waals surface area contributed by atoms with Crippen molar-refractivity contribution >= 4 is 21.9 Å². The van der Waals surface area contributed by atoms with Gasteiger partial charge in [0.15, 0.2) is 9.84 Å². The van der Waals surface area contributed by atoms with Gasteiger partial charge >= 0.3 is 6.16 Å². The Hall–Kier alpha value is -1.35. The molecule has 0 aromatic heterocycles. The molecule has 0 rings (SSSR count). The molecule has 18 heavy (non-hydrogen) atoms. The lowest BCUT2D eigenvalue weighted by molar-refractivity contribution is -0.123. The van der Waals surface area contributed by atoms with Crippen molar-refractivity contribution < 1.29 is 32.6 Å². The third-order valence-electron chi connectivity index (χ3n) is 1.83. The predicted molar refractivity (Wildman–Crippen MR) is 61.7 cm³/mol. The van der Waals surface area contributed by atoms with Crippen LogP contribution in [-0.2, 0) is 24.1 Å². The molecule has 8 nitrogen and oxygen atoms in total. The van der Waals surface area contributed by atoms with E-state index in [0.717, 1.165) is 7.11 Å². The summed E-state index contributed by atoms with van der Waals surface area (Å²) in [6, 6.07) is 0. The number of rotatable bonds is 7. The molecule has 1 amide bonds. The number of aliphatic hydroxyl groups excluding tert-OH is 1. The molecule has 0 aromatic rings. The van der Waals surface area contributed by atoms with E-state index in [0.29, 0.717) is 0 Å². The van der Waals surface area contributed by atoms with Crippen molar-refractivity contribution in [1.82, 2.24) is 5.32 Å². The van der Waals surface area contributed by atoms with Crippen LogP contribution < -0.4 is 5.32 Å². The van der Waals surface area contributed by atoms with Crippen LogP contribution in [0, 0.1) is 0 Å². The van der Waals surface area contributed by atoms with E-state index in [2.05, 4.69) is 14.8 Å². The van der Waals surface area contributed by atoms with Gasteiger partial charge in [-0.2, -0.15) is 0 Å². The summed E-state index contributed by atoms with van der Waals surface area (Å²) in [6.07, 6.45) is -1.79. The number of aliphatic hydroxyl groups is 1. The van der Waals surface area contributed by atoms with Crippen LogP contribution in [0.1, 0.15) is 6.92 Å². The minimum atomic E-state index is -3.47. The van der Waals surface area contributed by atoms with E-state index >= 15 is 0 Å². The predicted octanol–water partition coefficient (Wildman–Crippen LogP) is -1.32. The maximum Gasteiger partial charge on any atom is 0.508 e. The van der Waals surface area contributed by atoms with Crippen LogP contribution in [0.25, 0.3) is 0 Å². The first kappa shape index (κ1) is 16.6. The van der Waals surface area contributed by atoms with Gasteiger partial charge in [0.1, 0.15) is 12.7 Å². The number of nitrogens with one attached hydrogen (secondary N) is 1. The van der Waals surface area contributed by atoms with E-state index in [1.807, 2.05) is 0 Å². The minimum Gasteiger partial charge on any atom is -0.438 e. The summed E-state index contributed by atoms with van der Waals surface area (Å²) in [6.45, 7) is 0.620. The van der Waals surface area contributed by atoms with Crippen LogP contribution in [0.4, 0.5) is 4.79 Å². The van der Waals surface area contributed by atoms with E-state index in [-0.39, 0.29) is 18.1 Å². The zero-order valence-corrected chi connectivity index (χ0v) is 11.0. The largest absolute Gasteiger partial charge is 0.508 e. The van der Waals surface area contributed by atoms with Crippen LogP contribution in [0.3, 0.4) is 0 Å². The summed E-state index contributed by atoms with van der Waals surface area (Å²) in [4.78, 5) is 21.4. The smallest absolute Gasteiger partial charge is 0.438 e. The zero-order valence-electron chi connectivity index (χ0n) is 10.2. The Balaban J connectivity index is 4.07. The molecule has 106 valence electrons. The van der Waals surface area contributed by atoms with Crippen molar-refractivity contribution in [3.05, 3.63) is 0 Å². The summed E-state index contributed by atoms with van der Waals surface area (Å²) < 4.78 is 31.9. The standard InChI is InChI=1S/C9H17NO7S/c1-7(17-9(13)16-2)6-18(14,15)4-3-10-8(12)5-11/h7,11H,3-6H2,1-2H3,(H,10,12). The van der Waals surface area contributed by atoms with Gasteiger partial charge in [-0.15, -0.1) is 0 Å². The van der Waals surface area contributed by atoms with Crippen molar-refractivity contribution in [1.29, 1.82) is 0 Å². The van der Waals surface area contributed by atoms with Crippen molar-refractivity contribution in [3.8, 4) is 0 Å². The summed E-state index contributed by atoms with van der Waals surface area (Å²) in [7, 11) is -2.35. The van der Waals surface area contributed by atoms with Gasteiger partial charge in [-0.1, -0.05) is 0 Å². The van der Waals surface area contributed by atoms with E-state index in [4.69, 9.17) is 5.11 Å². The lowest BCUT2D eigenvalue weighted by Gasteiger charge is -2.12. The third-order valence-corrected chi connectivity index (χ3v) is 3.63. The SMILES string of the molecule is COC(=O)OC(C)CS(=O)(=O)CCNC(=O)CO. The van der Waals surface area contributed by atoms with Gasteiger partial charge in [0.05, 0.1) is 18.6 Å². The lowest BCUT2D eigenvalue weighted by atomic mass is 10.5. The Labute approximate surface area is 105 Å². The topological polar surface area (TPSA) is 119 Å². The highest BCUT2D eigenvalue weighted by molar-refractivity contribution is 7.91. The summed E-state index contributed by atoms with van der Waals surface area (Å²) in [5, 5.41) is 10.6. The molecule has 0 heterocycles. The maximum atomic E-state index is 11.5. The number of methoxy groups -OCH3 is 1. The molecule has 1 unspecified atom stereocenters. The van der Waals surface area contributed by atoms with Crippen LogP contribution in [0.5, 0.6) is 0 Å². The number of carbonyl (C=O) groups is 2. The van der Waals surface area contributed by atoms with Crippen molar-refractivity contribution in [2.75, 3.05) is 31.8 Å². The molecule has 0 aliphatic carbocycles. The van der Waals surface area contributed by atoms with E-state index in [1.54, 1.807) is 0 Å². The number of sulfone groups is 1. The van der Waals surface area contributed by atoms with Gasteiger partial charge in [-0.3, -0.25) is 4.79 Å². The van der Waals surface area contributed by atoms with E-state index in [9.17, 15) is 18.0 Å². The van der Waals surface area contributed by atoms with Crippen LogP contribution in [0.15, 0.2) is 0 Å². The quantitative estimate of drug-likeness (QED) is 0.556. The summed E-state index contributed by atoms with van der Waals surface area (Å²) in [5.41, 5.74) is 0. The highest BCUT2D eigenvalue weighted by Crippen LogP contribution is 2.00. The summed E-state index contributed by atoms with van der Waals surface area (Å²) >= 11 is 0. The highest BCUT2D eigenvalue weighted by atomic mass is 32.2. The number of carbonyl (C=O) groups excluding carboxylic acids is 2. The number of amides is 1. The first-order valence-electron chi connectivity index (χ1n) is 5.13. The zero-order chi connectivity index (χ0) is 14.2. The van der Waals surface area contributed by atoms with Gasteiger partial charge < -0.3 is 19.9 Å². The van der Waals surface area contributed by atoms with Gasteiger partial charge in [0.25, 0.3) is 0 Å². The molecule has 0 aliphatic rings. The molecule has 0 bridgehead atoms. The van der Waals surface area contributed by atoms with Crippen LogP contribution in [-0.4, -0.2) is 63.5 Å². The Bertz CT molecular complexity index is 378. The molecule has 0 aliphatic heterocycles. The molecule has 0 aromatic carbocycles. The highest BCUT2D eigenvalue weighted by Gasteiger charge is 2.19. The molecule has 9 heteroatoms. The Morgan fingerprint density at radius 3 is 2.50 bits per heavy atom. The molecule has 2 N–H and O–H groups in total.